The quantitative estimate of drug-likeness (QED) is 0.391. The number of nitrogens with zero attached hydrogens (tertiary/aromatic N) is 4. The third-order valence-electron chi connectivity index (χ3n) is 5.59. The van der Waals surface area contributed by atoms with E-state index in [4.69, 9.17) is 4.74 Å². The van der Waals surface area contributed by atoms with Gasteiger partial charge in [-0.2, -0.15) is 13.2 Å². The maximum Gasteiger partial charge on any atom is 0.416 e. The first-order chi connectivity index (χ1) is 16.4. The van der Waals surface area contributed by atoms with Gasteiger partial charge in [-0.15, -0.1) is 11.3 Å². The van der Waals surface area contributed by atoms with E-state index in [0.717, 1.165) is 49.9 Å². The number of aliphatic hydroxyl groups is 1. The van der Waals surface area contributed by atoms with Crippen molar-refractivity contribution in [3.05, 3.63) is 71.0 Å². The van der Waals surface area contributed by atoms with Crippen molar-refractivity contribution >= 4 is 22.1 Å². The van der Waals surface area contributed by atoms with Crippen LogP contribution in [0.1, 0.15) is 22.2 Å². The molecule has 0 amide bonds. The summed E-state index contributed by atoms with van der Waals surface area (Å²) in [6.45, 7) is 3.96. The van der Waals surface area contributed by atoms with Gasteiger partial charge in [0.15, 0.2) is 11.4 Å². The number of nitrogens with one attached hydrogen (secondary N) is 1. The van der Waals surface area contributed by atoms with Crippen molar-refractivity contribution in [2.45, 2.75) is 18.9 Å². The zero-order valence-corrected chi connectivity index (χ0v) is 18.8. The minimum absolute atomic E-state index is 0.347. The zero-order chi connectivity index (χ0) is 23.7. The number of imidazole rings is 1. The summed E-state index contributed by atoms with van der Waals surface area (Å²) in [7, 11) is 0. The number of hydrogen-bond donors (Lipinski definition) is 2. The fraction of sp³-hybridized carbons (Fsp3) is 0.304. The third kappa shape index (κ3) is 4.92. The highest BCUT2D eigenvalue weighted by atomic mass is 32.1. The fourth-order valence-corrected chi connectivity index (χ4v) is 4.74. The van der Waals surface area contributed by atoms with Gasteiger partial charge in [0.25, 0.3) is 0 Å². The smallest absolute Gasteiger partial charge is 0.379 e. The highest BCUT2D eigenvalue weighted by Gasteiger charge is 2.30. The molecular formula is C23H22F3N5O2S. The minimum Gasteiger partial charge on any atom is -0.379 e. The summed E-state index contributed by atoms with van der Waals surface area (Å²) >= 11 is 1.46. The number of anilines is 1. The van der Waals surface area contributed by atoms with E-state index in [0.29, 0.717) is 27.6 Å². The number of morpholine rings is 1. The SMILES string of the molecule is OC(Nc1ncc(CN2CCOCC2)s1)c1cccn2cc(-c3cccc(C(F)(F)F)c3)nc12. The number of fused-ring (bicyclic) bond motifs is 1. The molecular weight excluding hydrogens is 467 g/mol. The Bertz CT molecular complexity index is 1280. The van der Waals surface area contributed by atoms with Crippen LogP contribution in [0.15, 0.2) is 55.0 Å². The zero-order valence-electron chi connectivity index (χ0n) is 18.0. The van der Waals surface area contributed by atoms with Crippen LogP contribution in [0.5, 0.6) is 0 Å². The van der Waals surface area contributed by atoms with E-state index in [1.807, 2.05) is 0 Å². The fourth-order valence-electron chi connectivity index (χ4n) is 3.86. The Morgan fingerprint density at radius 1 is 1.18 bits per heavy atom. The predicted molar refractivity (Wildman–Crippen MR) is 122 cm³/mol. The first kappa shape index (κ1) is 22.8. The van der Waals surface area contributed by atoms with Gasteiger partial charge in [0.05, 0.1) is 24.5 Å². The molecule has 1 aromatic carbocycles. The summed E-state index contributed by atoms with van der Waals surface area (Å²) < 4.78 is 46.4. The van der Waals surface area contributed by atoms with Gasteiger partial charge in [0.1, 0.15) is 5.65 Å². The molecule has 1 saturated heterocycles. The summed E-state index contributed by atoms with van der Waals surface area (Å²) in [5.74, 6) is 0. The average Bonchev–Trinajstić information content (AvgIpc) is 3.46. The first-order valence-corrected chi connectivity index (χ1v) is 11.5. The maximum absolute atomic E-state index is 13.1. The number of alkyl halides is 3. The number of hydrogen-bond acceptors (Lipinski definition) is 7. The van der Waals surface area contributed by atoms with E-state index in [1.165, 1.54) is 17.4 Å². The number of pyridine rings is 1. The molecule has 0 aliphatic carbocycles. The van der Waals surface area contributed by atoms with E-state index < -0.39 is 18.0 Å². The largest absolute Gasteiger partial charge is 0.416 e. The Kier molecular flexibility index (Phi) is 6.26. The van der Waals surface area contributed by atoms with E-state index in [1.54, 1.807) is 41.2 Å². The standard InChI is InChI=1S/C23H22F3N5O2S/c24-23(25,26)16-4-1-3-15(11-16)19-14-31-6-2-5-18(20(31)28-19)21(32)29-22-27-12-17(34-22)13-30-7-9-33-10-8-30/h1-6,11-12,14,21,32H,7-10,13H2,(H,27,29). The molecule has 0 bridgehead atoms. The Hall–Kier alpha value is -2.99. The molecule has 1 unspecified atom stereocenters. The van der Waals surface area contributed by atoms with Crippen molar-refractivity contribution in [3.8, 4) is 11.3 Å². The van der Waals surface area contributed by atoms with Gasteiger partial charge >= 0.3 is 6.18 Å². The molecule has 3 aromatic heterocycles. The lowest BCUT2D eigenvalue weighted by Crippen LogP contribution is -2.35. The Morgan fingerprint density at radius 3 is 2.79 bits per heavy atom. The number of ether oxygens (including phenoxy) is 1. The summed E-state index contributed by atoms with van der Waals surface area (Å²) in [4.78, 5) is 12.2. The molecule has 1 aliphatic rings. The number of halogens is 3. The molecule has 5 rings (SSSR count). The molecule has 178 valence electrons. The van der Waals surface area contributed by atoms with Crippen LogP contribution in [0.4, 0.5) is 18.3 Å². The van der Waals surface area contributed by atoms with Crippen LogP contribution in [-0.2, 0) is 17.5 Å². The molecule has 0 saturated carbocycles. The summed E-state index contributed by atoms with van der Waals surface area (Å²) in [5.41, 5.74) is 0.929. The molecule has 7 nitrogen and oxygen atoms in total. The first-order valence-electron chi connectivity index (χ1n) is 10.7. The van der Waals surface area contributed by atoms with Crippen molar-refractivity contribution in [2.24, 2.45) is 0 Å². The van der Waals surface area contributed by atoms with E-state index in [-0.39, 0.29) is 0 Å². The van der Waals surface area contributed by atoms with Gasteiger partial charge in [0, 0.05) is 54.2 Å². The Labute approximate surface area is 197 Å². The summed E-state index contributed by atoms with van der Waals surface area (Å²) in [6.07, 6.45) is -0.362. The van der Waals surface area contributed by atoms with Crippen LogP contribution in [-0.4, -0.2) is 50.7 Å². The molecule has 0 radical (unpaired) electrons. The summed E-state index contributed by atoms with van der Waals surface area (Å²) in [6, 6.07) is 8.50. The lowest BCUT2D eigenvalue weighted by molar-refractivity contribution is -0.137. The highest BCUT2D eigenvalue weighted by molar-refractivity contribution is 7.15. The summed E-state index contributed by atoms with van der Waals surface area (Å²) in [5, 5.41) is 14.4. The number of thiazole rings is 1. The van der Waals surface area contributed by atoms with Crippen LogP contribution >= 0.6 is 11.3 Å². The molecule has 4 heterocycles. The third-order valence-corrected chi connectivity index (χ3v) is 6.50. The second kappa shape index (κ2) is 9.34. The molecule has 4 aromatic rings. The molecule has 1 fully saturated rings. The minimum atomic E-state index is -4.44. The van der Waals surface area contributed by atoms with Gasteiger partial charge in [0.2, 0.25) is 0 Å². The van der Waals surface area contributed by atoms with Crippen LogP contribution < -0.4 is 5.32 Å². The van der Waals surface area contributed by atoms with Crippen LogP contribution in [0.25, 0.3) is 16.9 Å². The topological polar surface area (TPSA) is 74.9 Å². The second-order valence-electron chi connectivity index (χ2n) is 7.97. The highest BCUT2D eigenvalue weighted by Crippen LogP contribution is 2.33. The molecule has 11 heteroatoms. The molecule has 1 aliphatic heterocycles. The number of aromatic nitrogens is 3. The van der Waals surface area contributed by atoms with E-state index >= 15 is 0 Å². The van der Waals surface area contributed by atoms with Crippen molar-refractivity contribution in [3.63, 3.8) is 0 Å². The Morgan fingerprint density at radius 2 is 2.00 bits per heavy atom. The molecule has 0 spiro atoms. The number of benzene rings is 1. The van der Waals surface area contributed by atoms with Crippen molar-refractivity contribution in [1.82, 2.24) is 19.3 Å². The van der Waals surface area contributed by atoms with Crippen molar-refractivity contribution in [1.29, 1.82) is 0 Å². The van der Waals surface area contributed by atoms with Crippen LogP contribution in [0, 0.1) is 0 Å². The van der Waals surface area contributed by atoms with Gasteiger partial charge in [-0.3, -0.25) is 4.90 Å². The number of rotatable bonds is 6. The van der Waals surface area contributed by atoms with E-state index in [9.17, 15) is 18.3 Å². The normalized spacial score (nSPS) is 16.1. The van der Waals surface area contributed by atoms with Gasteiger partial charge < -0.3 is 19.6 Å². The average molecular weight is 490 g/mol. The Balaban J connectivity index is 1.35. The lowest BCUT2D eigenvalue weighted by atomic mass is 10.1. The molecule has 34 heavy (non-hydrogen) atoms. The predicted octanol–water partition coefficient (Wildman–Crippen LogP) is 4.41. The van der Waals surface area contributed by atoms with Crippen molar-refractivity contribution < 1.29 is 23.0 Å². The maximum atomic E-state index is 13.1. The van der Waals surface area contributed by atoms with Gasteiger partial charge in [-0.05, 0) is 24.3 Å². The van der Waals surface area contributed by atoms with E-state index in [2.05, 4.69) is 20.2 Å². The lowest BCUT2D eigenvalue weighted by Gasteiger charge is -2.25. The second-order valence-corrected chi connectivity index (χ2v) is 9.08. The monoisotopic (exact) mass is 489 g/mol. The van der Waals surface area contributed by atoms with Crippen LogP contribution in [0.3, 0.4) is 0 Å². The molecule has 2 N–H and O–H groups in total. The molecule has 1 atom stereocenters. The van der Waals surface area contributed by atoms with Crippen LogP contribution in [0.2, 0.25) is 0 Å². The van der Waals surface area contributed by atoms with Gasteiger partial charge in [-0.25, -0.2) is 9.97 Å². The number of aliphatic hydroxyl groups excluding tert-OH is 1. The van der Waals surface area contributed by atoms with Crippen molar-refractivity contribution in [2.75, 3.05) is 31.6 Å². The van der Waals surface area contributed by atoms with Gasteiger partial charge in [-0.1, -0.05) is 12.1 Å².